The van der Waals surface area contributed by atoms with Crippen LogP contribution in [0.5, 0.6) is 0 Å². The van der Waals surface area contributed by atoms with Crippen LogP contribution in [0.1, 0.15) is 0 Å². The molecule has 1 aromatic carbocycles. The molecule has 0 aliphatic carbocycles. The minimum absolute atomic E-state index is 0.189. The van der Waals surface area contributed by atoms with Crippen molar-refractivity contribution in [3.05, 3.63) is 24.3 Å². The first kappa shape index (κ1) is 11.1. The number of nitrogens with one attached hydrogen (secondary N) is 1. The van der Waals surface area contributed by atoms with Gasteiger partial charge in [-0.05, 0) is 18.4 Å². The van der Waals surface area contributed by atoms with Crippen molar-refractivity contribution in [2.45, 2.75) is 4.90 Å². The van der Waals surface area contributed by atoms with Crippen LogP contribution in [0, 0.1) is 22.7 Å². The number of thioether (sulfide) groups is 1. The summed E-state index contributed by atoms with van der Waals surface area (Å²) >= 11 is 1.56. The molecule has 0 aromatic heterocycles. The largest absolute Gasteiger partial charge is 0.275 e. The lowest BCUT2D eigenvalue weighted by Crippen LogP contribution is -1.97. The quantitative estimate of drug-likeness (QED) is 0.477. The van der Waals surface area contributed by atoms with Crippen molar-refractivity contribution in [2.75, 3.05) is 11.7 Å². The van der Waals surface area contributed by atoms with E-state index in [4.69, 9.17) is 10.5 Å². The van der Waals surface area contributed by atoms with E-state index in [0.29, 0.717) is 0 Å². The van der Waals surface area contributed by atoms with Gasteiger partial charge in [-0.1, -0.05) is 12.1 Å². The third kappa shape index (κ3) is 3.01. The Labute approximate surface area is 92.2 Å². The number of nitrogens with zero attached hydrogens (tertiary/aromatic N) is 3. The summed E-state index contributed by atoms with van der Waals surface area (Å²) in [4.78, 5) is 1.01. The standard InChI is InChI=1S/C10H8N4S/c1-15-10-5-3-2-4-9(10)14-13-8(6-11)7-12/h2-5,14H,1H3. The molecule has 0 aliphatic rings. The molecule has 74 valence electrons. The predicted octanol–water partition coefficient (Wildman–Crippen LogP) is 2.22. The normalized spacial score (nSPS) is 8.47. The Morgan fingerprint density at radius 3 is 2.60 bits per heavy atom. The second-order valence-electron chi connectivity index (χ2n) is 2.50. The van der Waals surface area contributed by atoms with Gasteiger partial charge in [0.05, 0.1) is 5.69 Å². The third-order valence-corrected chi connectivity index (χ3v) is 2.40. The fraction of sp³-hybridized carbons (Fsp3) is 0.100. The first-order valence-electron chi connectivity index (χ1n) is 4.08. The van der Waals surface area contributed by atoms with Crippen molar-refractivity contribution in [3.8, 4) is 12.1 Å². The maximum absolute atomic E-state index is 8.48. The van der Waals surface area contributed by atoms with E-state index in [0.717, 1.165) is 10.6 Å². The molecule has 0 unspecified atom stereocenters. The molecule has 0 bridgehead atoms. The van der Waals surface area contributed by atoms with Crippen LogP contribution in [0.3, 0.4) is 0 Å². The lowest BCUT2D eigenvalue weighted by atomic mass is 10.3. The Balaban J connectivity index is 2.87. The van der Waals surface area contributed by atoms with Crippen LogP contribution in [0.4, 0.5) is 5.69 Å². The Morgan fingerprint density at radius 1 is 1.33 bits per heavy atom. The van der Waals surface area contributed by atoms with Crippen LogP contribution in [-0.2, 0) is 0 Å². The van der Waals surface area contributed by atoms with Gasteiger partial charge >= 0.3 is 0 Å². The molecule has 15 heavy (non-hydrogen) atoms. The average molecular weight is 216 g/mol. The van der Waals surface area contributed by atoms with Gasteiger partial charge in [0.1, 0.15) is 12.1 Å². The minimum atomic E-state index is -0.189. The Hall–Kier alpha value is -1.98. The monoisotopic (exact) mass is 216 g/mol. The van der Waals surface area contributed by atoms with Gasteiger partial charge in [-0.15, -0.1) is 11.8 Å². The Bertz CT molecular complexity index is 437. The molecule has 1 rings (SSSR count). The fourth-order valence-electron chi connectivity index (χ4n) is 0.928. The number of nitriles is 2. The number of anilines is 1. The van der Waals surface area contributed by atoms with Gasteiger partial charge in [-0.2, -0.15) is 15.6 Å². The van der Waals surface area contributed by atoms with E-state index >= 15 is 0 Å². The van der Waals surface area contributed by atoms with Crippen molar-refractivity contribution in [1.82, 2.24) is 0 Å². The third-order valence-electron chi connectivity index (χ3n) is 1.61. The zero-order chi connectivity index (χ0) is 11.1. The van der Waals surface area contributed by atoms with Crippen LogP contribution >= 0.6 is 11.8 Å². The van der Waals surface area contributed by atoms with Crippen LogP contribution in [0.2, 0.25) is 0 Å². The van der Waals surface area contributed by atoms with Crippen molar-refractivity contribution in [3.63, 3.8) is 0 Å². The second-order valence-corrected chi connectivity index (χ2v) is 3.34. The van der Waals surface area contributed by atoms with E-state index in [2.05, 4.69) is 10.5 Å². The predicted molar refractivity (Wildman–Crippen MR) is 60.5 cm³/mol. The van der Waals surface area contributed by atoms with Crippen molar-refractivity contribution >= 4 is 23.2 Å². The van der Waals surface area contributed by atoms with Gasteiger partial charge < -0.3 is 0 Å². The van der Waals surface area contributed by atoms with Gasteiger partial charge in [-0.3, -0.25) is 5.43 Å². The summed E-state index contributed by atoms with van der Waals surface area (Å²) < 4.78 is 0. The SMILES string of the molecule is CSc1ccccc1NN=C(C#N)C#N. The first-order chi connectivity index (χ1) is 7.31. The van der Waals surface area contributed by atoms with E-state index in [9.17, 15) is 0 Å². The highest BCUT2D eigenvalue weighted by Gasteiger charge is 1.99. The van der Waals surface area contributed by atoms with Gasteiger partial charge in [-0.25, -0.2) is 0 Å². The van der Waals surface area contributed by atoms with Crippen LogP contribution in [-0.4, -0.2) is 12.0 Å². The molecule has 0 radical (unpaired) electrons. The van der Waals surface area contributed by atoms with Crippen molar-refractivity contribution in [1.29, 1.82) is 10.5 Å². The lowest BCUT2D eigenvalue weighted by Gasteiger charge is -2.04. The number of para-hydroxylation sites is 1. The number of hydrogen-bond donors (Lipinski definition) is 1. The molecule has 0 aliphatic heterocycles. The highest BCUT2D eigenvalue weighted by Crippen LogP contribution is 2.24. The molecule has 4 nitrogen and oxygen atoms in total. The van der Waals surface area contributed by atoms with Gasteiger partial charge in [0.25, 0.3) is 0 Å². The molecule has 0 atom stereocenters. The van der Waals surface area contributed by atoms with E-state index in [1.165, 1.54) is 0 Å². The van der Waals surface area contributed by atoms with Gasteiger partial charge in [0, 0.05) is 4.90 Å². The topological polar surface area (TPSA) is 72.0 Å². The molecule has 0 heterocycles. The summed E-state index contributed by atoms with van der Waals surface area (Å²) in [5.74, 6) is 0. The molecule has 0 saturated heterocycles. The summed E-state index contributed by atoms with van der Waals surface area (Å²) in [5.41, 5.74) is 3.28. The van der Waals surface area contributed by atoms with Crippen LogP contribution < -0.4 is 5.43 Å². The van der Waals surface area contributed by atoms with Crippen LogP contribution in [0.15, 0.2) is 34.3 Å². The summed E-state index contributed by atoms with van der Waals surface area (Å²) in [7, 11) is 0. The maximum Gasteiger partial charge on any atom is 0.237 e. The zero-order valence-electron chi connectivity index (χ0n) is 8.06. The second kappa shape index (κ2) is 5.69. The van der Waals surface area contributed by atoms with Gasteiger partial charge in [0.2, 0.25) is 5.71 Å². The van der Waals surface area contributed by atoms with Crippen LogP contribution in [0.25, 0.3) is 0 Å². The summed E-state index contributed by atoms with van der Waals surface area (Å²) in [6, 6.07) is 10.9. The summed E-state index contributed by atoms with van der Waals surface area (Å²) in [6.45, 7) is 0. The smallest absolute Gasteiger partial charge is 0.237 e. The maximum atomic E-state index is 8.48. The molecule has 0 saturated carbocycles. The zero-order valence-corrected chi connectivity index (χ0v) is 8.88. The lowest BCUT2D eigenvalue weighted by molar-refractivity contribution is 1.28. The number of hydrogen-bond acceptors (Lipinski definition) is 5. The average Bonchev–Trinajstić information content (AvgIpc) is 2.31. The van der Waals surface area contributed by atoms with E-state index < -0.39 is 0 Å². The number of benzene rings is 1. The van der Waals surface area contributed by atoms with Gasteiger partial charge in [0.15, 0.2) is 0 Å². The summed E-state index contributed by atoms with van der Waals surface area (Å²) in [5, 5.41) is 20.6. The molecule has 1 N–H and O–H groups in total. The number of hydrazone groups is 1. The Morgan fingerprint density at radius 2 is 2.00 bits per heavy atom. The molecular formula is C10H8N4S. The minimum Gasteiger partial charge on any atom is -0.275 e. The highest BCUT2D eigenvalue weighted by molar-refractivity contribution is 7.98. The molecule has 0 fully saturated rings. The molecular weight excluding hydrogens is 208 g/mol. The highest BCUT2D eigenvalue weighted by atomic mass is 32.2. The summed E-state index contributed by atoms with van der Waals surface area (Å²) in [6.07, 6.45) is 1.94. The van der Waals surface area contributed by atoms with E-state index in [-0.39, 0.29) is 5.71 Å². The Kier molecular flexibility index (Phi) is 4.21. The van der Waals surface area contributed by atoms with Crippen molar-refractivity contribution < 1.29 is 0 Å². The number of rotatable bonds is 3. The molecule has 5 heteroatoms. The molecule has 1 aromatic rings. The molecule has 0 amide bonds. The van der Waals surface area contributed by atoms with Crippen molar-refractivity contribution in [2.24, 2.45) is 5.10 Å². The fourth-order valence-corrected chi connectivity index (χ4v) is 1.48. The van der Waals surface area contributed by atoms with E-state index in [1.54, 1.807) is 23.9 Å². The molecule has 0 spiro atoms. The van der Waals surface area contributed by atoms with E-state index in [1.807, 2.05) is 30.5 Å². The first-order valence-corrected chi connectivity index (χ1v) is 5.31.